The van der Waals surface area contributed by atoms with Gasteiger partial charge in [-0.1, -0.05) is 84.0 Å². The quantitative estimate of drug-likeness (QED) is 0.484. The summed E-state index contributed by atoms with van der Waals surface area (Å²) in [7, 11) is 0. The largest absolute Gasteiger partial charge is 0.506 e. The molecule has 0 aliphatic rings. The number of thiophene rings is 1. The van der Waals surface area contributed by atoms with Crippen LogP contribution in [0.3, 0.4) is 0 Å². The first-order valence-electron chi connectivity index (χ1n) is 9.51. The number of hydrogen-bond acceptors (Lipinski definition) is 2. The smallest absolute Gasteiger partial charge is 0.142 e. The average Bonchev–Trinajstić information content (AvgIpc) is 2.95. The Labute approximate surface area is 167 Å². The molecule has 1 aromatic heterocycles. The second-order valence-corrected chi connectivity index (χ2v) is 10.3. The fraction of sp³-hybridized carbons (Fsp3) is 0.360. The molecule has 0 radical (unpaired) electrons. The van der Waals surface area contributed by atoms with E-state index < -0.39 is 0 Å². The summed E-state index contributed by atoms with van der Waals surface area (Å²) in [6.45, 7) is 15.5. The first-order valence-corrected chi connectivity index (χ1v) is 10.4. The minimum atomic E-state index is 0.0561. The summed E-state index contributed by atoms with van der Waals surface area (Å²) in [5.74, 6) is 0.389. The first kappa shape index (κ1) is 19.7. The molecule has 0 unspecified atom stereocenters. The van der Waals surface area contributed by atoms with E-state index in [2.05, 4.69) is 84.2 Å². The van der Waals surface area contributed by atoms with Crippen LogP contribution in [-0.2, 0) is 10.8 Å². The van der Waals surface area contributed by atoms with Crippen molar-refractivity contribution in [2.75, 3.05) is 0 Å². The maximum Gasteiger partial charge on any atom is 0.142 e. The fourth-order valence-corrected chi connectivity index (χ4v) is 4.29. The van der Waals surface area contributed by atoms with Crippen LogP contribution >= 0.6 is 11.3 Å². The SMILES string of the molecule is Cc1ccccc1-c1scc(-c2cc(C(C)(C)C)cc(C(C)(C)C)c2)c1O. The van der Waals surface area contributed by atoms with Crippen LogP contribution in [0.4, 0.5) is 0 Å². The van der Waals surface area contributed by atoms with Gasteiger partial charge < -0.3 is 5.11 Å². The van der Waals surface area contributed by atoms with Gasteiger partial charge in [-0.2, -0.15) is 0 Å². The molecule has 2 aromatic carbocycles. The van der Waals surface area contributed by atoms with Crippen molar-refractivity contribution < 1.29 is 5.11 Å². The molecule has 0 bridgehead atoms. The molecule has 0 fully saturated rings. The van der Waals surface area contributed by atoms with Gasteiger partial charge in [0.2, 0.25) is 0 Å². The maximum absolute atomic E-state index is 11.1. The van der Waals surface area contributed by atoms with Gasteiger partial charge in [0, 0.05) is 10.9 Å². The maximum atomic E-state index is 11.1. The minimum Gasteiger partial charge on any atom is -0.506 e. The van der Waals surface area contributed by atoms with Gasteiger partial charge in [-0.3, -0.25) is 0 Å². The van der Waals surface area contributed by atoms with E-state index >= 15 is 0 Å². The predicted molar refractivity (Wildman–Crippen MR) is 119 cm³/mol. The van der Waals surface area contributed by atoms with Crippen LogP contribution in [-0.4, -0.2) is 5.11 Å². The molecule has 0 aliphatic heterocycles. The van der Waals surface area contributed by atoms with Crippen LogP contribution in [0.5, 0.6) is 5.75 Å². The fourth-order valence-electron chi connectivity index (χ4n) is 3.22. The van der Waals surface area contributed by atoms with Crippen molar-refractivity contribution in [2.24, 2.45) is 0 Å². The summed E-state index contributed by atoms with van der Waals surface area (Å²) in [6.07, 6.45) is 0. The van der Waals surface area contributed by atoms with Crippen LogP contribution in [0, 0.1) is 6.92 Å². The number of aryl methyl sites for hydroxylation is 1. The second kappa shape index (κ2) is 6.83. The third-order valence-electron chi connectivity index (χ3n) is 5.13. The molecule has 3 aromatic rings. The summed E-state index contributed by atoms with van der Waals surface area (Å²) in [6, 6.07) is 15.0. The highest BCUT2D eigenvalue weighted by atomic mass is 32.1. The van der Waals surface area contributed by atoms with E-state index in [-0.39, 0.29) is 10.8 Å². The van der Waals surface area contributed by atoms with Crippen LogP contribution in [0.15, 0.2) is 47.8 Å². The van der Waals surface area contributed by atoms with Crippen molar-refractivity contribution in [2.45, 2.75) is 59.3 Å². The summed E-state index contributed by atoms with van der Waals surface area (Å²) >= 11 is 1.61. The van der Waals surface area contributed by atoms with Gasteiger partial charge in [-0.05, 0) is 45.6 Å². The summed E-state index contributed by atoms with van der Waals surface area (Å²) < 4.78 is 0. The second-order valence-electron chi connectivity index (χ2n) is 9.44. The molecule has 0 saturated heterocycles. The number of hydrogen-bond donors (Lipinski definition) is 1. The molecule has 142 valence electrons. The Bertz CT molecular complexity index is 932. The summed E-state index contributed by atoms with van der Waals surface area (Å²) in [4.78, 5) is 0.946. The van der Waals surface area contributed by atoms with E-state index in [0.29, 0.717) is 5.75 Å². The van der Waals surface area contributed by atoms with E-state index in [1.165, 1.54) is 16.7 Å². The van der Waals surface area contributed by atoms with E-state index in [4.69, 9.17) is 0 Å². The van der Waals surface area contributed by atoms with Gasteiger partial charge >= 0.3 is 0 Å². The van der Waals surface area contributed by atoms with Crippen LogP contribution in [0.1, 0.15) is 58.2 Å². The first-order chi connectivity index (χ1) is 12.5. The number of rotatable bonds is 2. The Morgan fingerprint density at radius 2 is 1.33 bits per heavy atom. The predicted octanol–water partition coefficient (Wildman–Crippen LogP) is 7.69. The van der Waals surface area contributed by atoms with Gasteiger partial charge in [-0.15, -0.1) is 11.3 Å². The van der Waals surface area contributed by atoms with E-state index in [9.17, 15) is 5.11 Å². The zero-order valence-electron chi connectivity index (χ0n) is 17.5. The lowest BCUT2D eigenvalue weighted by Crippen LogP contribution is -2.16. The van der Waals surface area contributed by atoms with E-state index in [1.54, 1.807) is 11.3 Å². The van der Waals surface area contributed by atoms with Crippen molar-refractivity contribution in [1.29, 1.82) is 0 Å². The molecular weight excluding hydrogens is 348 g/mol. The van der Waals surface area contributed by atoms with Crippen molar-refractivity contribution in [3.05, 3.63) is 64.5 Å². The molecule has 2 heteroatoms. The molecule has 3 rings (SSSR count). The Morgan fingerprint density at radius 1 is 0.778 bits per heavy atom. The van der Waals surface area contributed by atoms with E-state index in [0.717, 1.165) is 21.6 Å². The van der Waals surface area contributed by atoms with Crippen LogP contribution < -0.4 is 0 Å². The van der Waals surface area contributed by atoms with Crippen molar-refractivity contribution >= 4 is 11.3 Å². The van der Waals surface area contributed by atoms with Gasteiger partial charge in [-0.25, -0.2) is 0 Å². The van der Waals surface area contributed by atoms with E-state index in [1.807, 2.05) is 12.1 Å². The molecule has 0 saturated carbocycles. The van der Waals surface area contributed by atoms with Crippen LogP contribution in [0.2, 0.25) is 0 Å². The molecule has 1 N–H and O–H groups in total. The molecule has 0 amide bonds. The Morgan fingerprint density at radius 3 is 1.85 bits per heavy atom. The molecule has 1 heterocycles. The number of benzene rings is 2. The summed E-state index contributed by atoms with van der Waals surface area (Å²) in [5, 5.41) is 13.1. The van der Waals surface area contributed by atoms with Gasteiger partial charge in [0.15, 0.2) is 0 Å². The lowest BCUT2D eigenvalue weighted by Gasteiger charge is -2.26. The van der Waals surface area contributed by atoms with Crippen molar-refractivity contribution in [3.8, 4) is 27.3 Å². The lowest BCUT2D eigenvalue weighted by atomic mass is 9.79. The Balaban J connectivity index is 2.19. The molecule has 1 nitrogen and oxygen atoms in total. The molecule has 0 spiro atoms. The third kappa shape index (κ3) is 3.96. The zero-order chi connectivity index (χ0) is 20.0. The van der Waals surface area contributed by atoms with Crippen molar-refractivity contribution in [3.63, 3.8) is 0 Å². The highest BCUT2D eigenvalue weighted by Crippen LogP contribution is 2.45. The molecule has 0 aliphatic carbocycles. The topological polar surface area (TPSA) is 20.2 Å². The average molecular weight is 379 g/mol. The summed E-state index contributed by atoms with van der Waals surface area (Å²) in [5.41, 5.74) is 7.02. The van der Waals surface area contributed by atoms with Crippen LogP contribution in [0.25, 0.3) is 21.6 Å². The highest BCUT2D eigenvalue weighted by Gasteiger charge is 2.23. The third-order valence-corrected chi connectivity index (χ3v) is 6.13. The zero-order valence-corrected chi connectivity index (χ0v) is 18.3. The number of aromatic hydroxyl groups is 1. The Kier molecular flexibility index (Phi) is 4.98. The standard InChI is InChI=1S/C25H30OS/c1-16-10-8-9-11-20(16)23-22(26)21(15-27-23)17-12-18(24(2,3)4)14-19(13-17)25(5,6)7/h8-15,26H,1-7H3. The molecule has 27 heavy (non-hydrogen) atoms. The molecule has 0 atom stereocenters. The Hall–Kier alpha value is -2.06. The lowest BCUT2D eigenvalue weighted by molar-refractivity contribution is 0.481. The van der Waals surface area contributed by atoms with Gasteiger partial charge in [0.1, 0.15) is 5.75 Å². The monoisotopic (exact) mass is 378 g/mol. The minimum absolute atomic E-state index is 0.0561. The van der Waals surface area contributed by atoms with Gasteiger partial charge in [0.05, 0.1) is 4.88 Å². The van der Waals surface area contributed by atoms with Crippen molar-refractivity contribution in [1.82, 2.24) is 0 Å². The highest BCUT2D eigenvalue weighted by molar-refractivity contribution is 7.14. The molecular formula is C25H30OS. The van der Waals surface area contributed by atoms with Gasteiger partial charge in [0.25, 0.3) is 0 Å². The normalized spacial score (nSPS) is 12.4.